The van der Waals surface area contributed by atoms with Crippen LogP contribution in [0.5, 0.6) is 0 Å². The van der Waals surface area contributed by atoms with Crippen molar-refractivity contribution in [2.75, 3.05) is 13.1 Å². The van der Waals surface area contributed by atoms with Gasteiger partial charge in [-0.2, -0.15) is 0 Å². The van der Waals surface area contributed by atoms with Crippen molar-refractivity contribution >= 4 is 11.9 Å². The second-order valence-corrected chi connectivity index (χ2v) is 6.05. The molecule has 116 valence electrons. The number of hydrogen-bond donors (Lipinski definition) is 3. The number of nitrogens with two attached hydrogens (primary N) is 1. The molecule has 5 nitrogen and oxygen atoms in total. The van der Waals surface area contributed by atoms with E-state index < -0.39 is 11.4 Å². The van der Waals surface area contributed by atoms with Crippen LogP contribution in [0.1, 0.15) is 58.3 Å². The van der Waals surface area contributed by atoms with Crippen LogP contribution in [0.15, 0.2) is 0 Å². The first-order valence-corrected chi connectivity index (χ1v) is 7.73. The first-order chi connectivity index (χ1) is 9.52. The van der Waals surface area contributed by atoms with Gasteiger partial charge in [-0.15, -0.1) is 0 Å². The summed E-state index contributed by atoms with van der Waals surface area (Å²) < 4.78 is 0. The lowest BCUT2D eigenvalue weighted by Gasteiger charge is -2.28. The van der Waals surface area contributed by atoms with Gasteiger partial charge in [-0.05, 0) is 32.2 Å². The maximum absolute atomic E-state index is 12.0. The Bertz CT molecular complexity index is 323. The summed E-state index contributed by atoms with van der Waals surface area (Å²) in [5.41, 5.74) is 4.67. The van der Waals surface area contributed by atoms with Gasteiger partial charge in [0.05, 0.1) is 5.41 Å². The average molecular weight is 284 g/mol. The van der Waals surface area contributed by atoms with E-state index in [1.165, 1.54) is 0 Å². The number of rotatable bonds is 7. The monoisotopic (exact) mass is 284 g/mol. The third kappa shape index (κ3) is 4.78. The molecule has 5 heteroatoms. The molecule has 0 aliphatic heterocycles. The maximum atomic E-state index is 12.0. The number of carboxylic acids is 1. The van der Waals surface area contributed by atoms with Gasteiger partial charge in [0.1, 0.15) is 0 Å². The van der Waals surface area contributed by atoms with Gasteiger partial charge in [0, 0.05) is 12.5 Å². The Hall–Kier alpha value is -1.10. The third-order valence-electron chi connectivity index (χ3n) is 4.40. The van der Waals surface area contributed by atoms with Gasteiger partial charge in [0.2, 0.25) is 5.91 Å². The maximum Gasteiger partial charge on any atom is 0.311 e. The van der Waals surface area contributed by atoms with Crippen LogP contribution in [0.2, 0.25) is 0 Å². The number of carbonyl (C=O) groups excluding carboxylic acids is 1. The van der Waals surface area contributed by atoms with E-state index in [2.05, 4.69) is 5.32 Å². The Morgan fingerprint density at radius 1 is 1.25 bits per heavy atom. The molecule has 0 aromatic heterocycles. The molecule has 4 N–H and O–H groups in total. The molecule has 0 spiro atoms. The van der Waals surface area contributed by atoms with Crippen LogP contribution in [-0.4, -0.2) is 30.1 Å². The highest BCUT2D eigenvalue weighted by atomic mass is 16.4. The van der Waals surface area contributed by atoms with Crippen molar-refractivity contribution in [2.24, 2.45) is 17.1 Å². The van der Waals surface area contributed by atoms with E-state index in [1.54, 1.807) is 0 Å². The van der Waals surface area contributed by atoms with Crippen LogP contribution in [0.4, 0.5) is 0 Å². The van der Waals surface area contributed by atoms with Crippen molar-refractivity contribution in [1.29, 1.82) is 0 Å². The van der Waals surface area contributed by atoms with Crippen LogP contribution in [0.3, 0.4) is 0 Å². The fourth-order valence-electron chi connectivity index (χ4n) is 2.86. The van der Waals surface area contributed by atoms with Gasteiger partial charge in [0.25, 0.3) is 0 Å². The van der Waals surface area contributed by atoms with Crippen LogP contribution >= 0.6 is 0 Å². The van der Waals surface area contributed by atoms with Gasteiger partial charge < -0.3 is 16.2 Å². The molecule has 20 heavy (non-hydrogen) atoms. The van der Waals surface area contributed by atoms with Crippen LogP contribution < -0.4 is 11.1 Å². The van der Waals surface area contributed by atoms with E-state index in [9.17, 15) is 14.7 Å². The van der Waals surface area contributed by atoms with Gasteiger partial charge >= 0.3 is 5.97 Å². The molecule has 1 saturated carbocycles. The summed E-state index contributed by atoms with van der Waals surface area (Å²) in [4.78, 5) is 23.6. The molecule has 0 aromatic rings. The van der Waals surface area contributed by atoms with Gasteiger partial charge in [0.15, 0.2) is 0 Å². The summed E-state index contributed by atoms with van der Waals surface area (Å²) in [7, 11) is 0. The Morgan fingerprint density at radius 2 is 1.85 bits per heavy atom. The Labute approximate surface area is 121 Å². The number of nitrogens with one attached hydrogen (secondary N) is 1. The van der Waals surface area contributed by atoms with Gasteiger partial charge in [-0.25, -0.2) is 0 Å². The molecule has 0 bridgehead atoms. The fraction of sp³-hybridized carbons (Fsp3) is 0.867. The normalized spacial score (nSPS) is 19.9. The minimum absolute atomic E-state index is 0.0525. The SMILES string of the molecule is CC(CCCN)C(=O)NCC1(C(=O)O)CCCCCC1. The molecule has 1 unspecified atom stereocenters. The second-order valence-electron chi connectivity index (χ2n) is 6.05. The van der Waals surface area contributed by atoms with E-state index in [-0.39, 0.29) is 18.4 Å². The summed E-state index contributed by atoms with van der Waals surface area (Å²) in [5.74, 6) is -0.923. The number of hydrogen-bond acceptors (Lipinski definition) is 3. The molecule has 1 rings (SSSR count). The van der Waals surface area contributed by atoms with Crippen molar-refractivity contribution in [2.45, 2.75) is 58.3 Å². The lowest BCUT2D eigenvalue weighted by molar-refractivity contribution is -0.150. The highest BCUT2D eigenvalue weighted by molar-refractivity contribution is 5.80. The molecule has 1 aliphatic rings. The summed E-state index contributed by atoms with van der Waals surface area (Å²) in [6.07, 6.45) is 6.96. The van der Waals surface area contributed by atoms with E-state index >= 15 is 0 Å². The van der Waals surface area contributed by atoms with E-state index in [0.29, 0.717) is 19.4 Å². The highest BCUT2D eigenvalue weighted by Crippen LogP contribution is 2.34. The van der Waals surface area contributed by atoms with E-state index in [4.69, 9.17) is 5.73 Å². The zero-order valence-corrected chi connectivity index (χ0v) is 12.5. The quantitative estimate of drug-likeness (QED) is 0.623. The molecular formula is C15H28N2O3. The summed E-state index contributed by atoms with van der Waals surface area (Å²) >= 11 is 0. The molecule has 1 amide bonds. The van der Waals surface area contributed by atoms with Crippen LogP contribution in [0.25, 0.3) is 0 Å². The fourth-order valence-corrected chi connectivity index (χ4v) is 2.86. The predicted molar refractivity (Wildman–Crippen MR) is 78.2 cm³/mol. The highest BCUT2D eigenvalue weighted by Gasteiger charge is 2.39. The van der Waals surface area contributed by atoms with Crippen molar-refractivity contribution in [3.05, 3.63) is 0 Å². The molecule has 0 aromatic carbocycles. The lowest BCUT2D eigenvalue weighted by Crippen LogP contribution is -2.44. The summed E-state index contributed by atoms with van der Waals surface area (Å²) in [6.45, 7) is 2.70. The number of amides is 1. The first kappa shape index (κ1) is 17.0. The molecule has 1 aliphatic carbocycles. The smallest absolute Gasteiger partial charge is 0.311 e. The summed E-state index contributed by atoms with van der Waals surface area (Å²) in [5, 5.41) is 12.4. The predicted octanol–water partition coefficient (Wildman–Crippen LogP) is 1.90. The standard InChI is InChI=1S/C15H28N2O3/c1-12(7-6-10-16)13(18)17-11-15(14(19)20)8-4-2-3-5-9-15/h12H,2-11,16H2,1H3,(H,17,18)(H,19,20). The van der Waals surface area contributed by atoms with E-state index in [0.717, 1.165) is 38.5 Å². The van der Waals surface area contributed by atoms with Crippen LogP contribution in [-0.2, 0) is 9.59 Å². The lowest BCUT2D eigenvalue weighted by atomic mass is 9.80. The Kier molecular flexibility index (Phi) is 6.99. The number of carbonyl (C=O) groups is 2. The largest absolute Gasteiger partial charge is 0.481 e. The minimum atomic E-state index is -0.769. The molecule has 0 heterocycles. The third-order valence-corrected chi connectivity index (χ3v) is 4.40. The molecule has 1 atom stereocenters. The van der Waals surface area contributed by atoms with Gasteiger partial charge in [-0.3, -0.25) is 9.59 Å². The Balaban J connectivity index is 2.54. The van der Waals surface area contributed by atoms with Crippen LogP contribution in [0, 0.1) is 11.3 Å². The van der Waals surface area contributed by atoms with Crippen molar-refractivity contribution < 1.29 is 14.7 Å². The average Bonchev–Trinajstić information content (AvgIpc) is 2.68. The van der Waals surface area contributed by atoms with E-state index in [1.807, 2.05) is 6.92 Å². The zero-order valence-electron chi connectivity index (χ0n) is 12.5. The first-order valence-electron chi connectivity index (χ1n) is 7.73. The van der Waals surface area contributed by atoms with Gasteiger partial charge in [-0.1, -0.05) is 32.6 Å². The minimum Gasteiger partial charge on any atom is -0.481 e. The zero-order chi connectivity index (χ0) is 15.0. The topological polar surface area (TPSA) is 92.4 Å². The summed E-state index contributed by atoms with van der Waals surface area (Å²) in [6, 6.07) is 0. The van der Waals surface area contributed by atoms with Crippen molar-refractivity contribution in [3.8, 4) is 0 Å². The number of aliphatic carboxylic acids is 1. The van der Waals surface area contributed by atoms with Crippen molar-refractivity contribution in [3.63, 3.8) is 0 Å². The Morgan fingerprint density at radius 3 is 2.35 bits per heavy atom. The molecule has 0 saturated heterocycles. The molecular weight excluding hydrogens is 256 g/mol. The number of carboxylic acid groups (broad SMARTS) is 1. The second kappa shape index (κ2) is 8.25. The molecule has 0 radical (unpaired) electrons. The molecule has 1 fully saturated rings. The van der Waals surface area contributed by atoms with Crippen molar-refractivity contribution in [1.82, 2.24) is 5.32 Å².